The second kappa shape index (κ2) is 6.03. The Balaban J connectivity index is 2.96. The van der Waals surface area contributed by atoms with Gasteiger partial charge in [-0.2, -0.15) is 0 Å². The lowest BCUT2D eigenvalue weighted by atomic mass is 10.1. The molecule has 1 aromatic rings. The van der Waals surface area contributed by atoms with Crippen LogP contribution in [0.15, 0.2) is 18.2 Å². The number of rotatable bonds is 6. The predicted molar refractivity (Wildman–Crippen MR) is 63.8 cm³/mol. The molecule has 0 unspecified atom stereocenters. The molecule has 92 valence electrons. The number of hydrogen-bond donors (Lipinski definition) is 1. The summed E-state index contributed by atoms with van der Waals surface area (Å²) in [7, 11) is 0. The second-order valence-electron chi connectivity index (χ2n) is 3.77. The van der Waals surface area contributed by atoms with Gasteiger partial charge >= 0.3 is 5.97 Å². The van der Waals surface area contributed by atoms with Gasteiger partial charge in [0.15, 0.2) is 5.78 Å². The molecule has 0 fully saturated rings. The fourth-order valence-corrected chi connectivity index (χ4v) is 1.39. The fraction of sp³-hybridized carbons (Fsp3) is 0.385. The maximum Gasteiger partial charge on any atom is 0.335 e. The van der Waals surface area contributed by atoms with E-state index in [4.69, 9.17) is 9.84 Å². The Morgan fingerprint density at radius 1 is 1.35 bits per heavy atom. The number of benzene rings is 1. The molecule has 17 heavy (non-hydrogen) atoms. The third-order valence-corrected chi connectivity index (χ3v) is 2.36. The molecule has 1 aromatic carbocycles. The van der Waals surface area contributed by atoms with Gasteiger partial charge in [-0.1, -0.05) is 13.3 Å². The van der Waals surface area contributed by atoms with Gasteiger partial charge in [-0.05, 0) is 31.5 Å². The smallest absolute Gasteiger partial charge is 0.335 e. The summed E-state index contributed by atoms with van der Waals surface area (Å²) in [5, 5.41) is 8.84. The lowest BCUT2D eigenvalue weighted by Gasteiger charge is -2.09. The molecule has 0 aliphatic heterocycles. The summed E-state index contributed by atoms with van der Waals surface area (Å²) >= 11 is 0. The number of Topliss-reactive ketones (excluding diaryl/α,β-unsaturated/α-hetero) is 1. The van der Waals surface area contributed by atoms with Gasteiger partial charge < -0.3 is 9.84 Å². The van der Waals surface area contributed by atoms with Crippen LogP contribution in [0.3, 0.4) is 0 Å². The highest BCUT2D eigenvalue weighted by molar-refractivity contribution is 5.99. The number of hydrogen-bond acceptors (Lipinski definition) is 3. The van der Waals surface area contributed by atoms with Gasteiger partial charge in [0.2, 0.25) is 0 Å². The van der Waals surface area contributed by atoms with Gasteiger partial charge in [-0.15, -0.1) is 0 Å². The number of unbranched alkanes of at least 4 members (excludes halogenated alkanes) is 1. The van der Waals surface area contributed by atoms with Crippen LogP contribution in [0.2, 0.25) is 0 Å². The third kappa shape index (κ3) is 3.59. The lowest BCUT2D eigenvalue weighted by molar-refractivity contribution is 0.0697. The number of carbonyl (C=O) groups excluding carboxylic acids is 1. The number of carboxylic acids is 1. The minimum atomic E-state index is -1.05. The zero-order valence-corrected chi connectivity index (χ0v) is 10.0. The van der Waals surface area contributed by atoms with Crippen molar-refractivity contribution in [3.8, 4) is 5.75 Å². The number of aromatic carboxylic acids is 1. The summed E-state index contributed by atoms with van der Waals surface area (Å²) in [5.41, 5.74) is 0.416. The summed E-state index contributed by atoms with van der Waals surface area (Å²) < 4.78 is 5.46. The van der Waals surface area contributed by atoms with Crippen molar-refractivity contribution in [1.29, 1.82) is 0 Å². The van der Waals surface area contributed by atoms with E-state index in [0.29, 0.717) is 17.9 Å². The topological polar surface area (TPSA) is 63.6 Å². The first-order chi connectivity index (χ1) is 8.06. The van der Waals surface area contributed by atoms with Crippen molar-refractivity contribution in [2.24, 2.45) is 0 Å². The van der Waals surface area contributed by atoms with Crippen LogP contribution in [-0.2, 0) is 0 Å². The van der Waals surface area contributed by atoms with E-state index in [2.05, 4.69) is 0 Å². The van der Waals surface area contributed by atoms with E-state index >= 15 is 0 Å². The van der Waals surface area contributed by atoms with Gasteiger partial charge in [-0.25, -0.2) is 4.79 Å². The SMILES string of the molecule is CCCCOc1ccc(C(=O)O)cc1C(C)=O. The Morgan fingerprint density at radius 3 is 2.59 bits per heavy atom. The summed E-state index contributed by atoms with van der Waals surface area (Å²) in [6.45, 7) is 3.97. The Bertz CT molecular complexity index is 423. The molecule has 4 heteroatoms. The average Bonchev–Trinajstić information content (AvgIpc) is 2.29. The zero-order valence-electron chi connectivity index (χ0n) is 10.0. The molecule has 0 saturated heterocycles. The van der Waals surface area contributed by atoms with E-state index in [9.17, 15) is 9.59 Å². The summed E-state index contributed by atoms with van der Waals surface area (Å²) in [5.74, 6) is -0.789. The molecule has 4 nitrogen and oxygen atoms in total. The van der Waals surface area contributed by atoms with E-state index in [1.807, 2.05) is 6.92 Å². The van der Waals surface area contributed by atoms with Gasteiger partial charge in [-0.3, -0.25) is 4.79 Å². The minimum absolute atomic E-state index is 0.0954. The van der Waals surface area contributed by atoms with Crippen LogP contribution in [0.1, 0.15) is 47.4 Å². The van der Waals surface area contributed by atoms with Crippen molar-refractivity contribution < 1.29 is 19.4 Å². The molecule has 0 aromatic heterocycles. The first-order valence-corrected chi connectivity index (χ1v) is 5.57. The highest BCUT2D eigenvalue weighted by atomic mass is 16.5. The number of ether oxygens (including phenoxy) is 1. The van der Waals surface area contributed by atoms with E-state index in [-0.39, 0.29) is 11.3 Å². The lowest BCUT2D eigenvalue weighted by Crippen LogP contribution is -2.05. The van der Waals surface area contributed by atoms with Crippen LogP contribution in [0, 0.1) is 0 Å². The van der Waals surface area contributed by atoms with Crippen molar-refractivity contribution in [3.05, 3.63) is 29.3 Å². The van der Waals surface area contributed by atoms with E-state index in [0.717, 1.165) is 12.8 Å². The van der Waals surface area contributed by atoms with Crippen molar-refractivity contribution in [2.75, 3.05) is 6.61 Å². The Labute approximate surface area is 100 Å². The van der Waals surface area contributed by atoms with Crippen molar-refractivity contribution in [2.45, 2.75) is 26.7 Å². The third-order valence-electron chi connectivity index (χ3n) is 2.36. The maximum absolute atomic E-state index is 11.4. The molecule has 0 aliphatic rings. The van der Waals surface area contributed by atoms with Crippen molar-refractivity contribution >= 4 is 11.8 Å². The molecule has 1 N–H and O–H groups in total. The molecular weight excluding hydrogens is 220 g/mol. The van der Waals surface area contributed by atoms with E-state index in [1.54, 1.807) is 0 Å². The van der Waals surface area contributed by atoms with Crippen LogP contribution in [-0.4, -0.2) is 23.5 Å². The second-order valence-corrected chi connectivity index (χ2v) is 3.77. The molecule has 0 radical (unpaired) electrons. The molecule has 0 spiro atoms. The number of carbonyl (C=O) groups is 2. The molecule has 0 atom stereocenters. The highest BCUT2D eigenvalue weighted by Crippen LogP contribution is 2.21. The largest absolute Gasteiger partial charge is 0.493 e. The van der Waals surface area contributed by atoms with Crippen LogP contribution < -0.4 is 4.74 Å². The van der Waals surface area contributed by atoms with Crippen LogP contribution in [0.25, 0.3) is 0 Å². The van der Waals surface area contributed by atoms with Gasteiger partial charge in [0.1, 0.15) is 5.75 Å². The summed E-state index contributed by atoms with van der Waals surface area (Å²) in [6.07, 6.45) is 1.90. The van der Waals surface area contributed by atoms with Crippen LogP contribution >= 0.6 is 0 Å². The molecule has 0 aliphatic carbocycles. The monoisotopic (exact) mass is 236 g/mol. The Hall–Kier alpha value is -1.84. The summed E-state index contributed by atoms with van der Waals surface area (Å²) in [4.78, 5) is 22.2. The molecular formula is C13H16O4. The number of ketones is 1. The number of carboxylic acid groups (broad SMARTS) is 1. The van der Waals surface area contributed by atoms with Crippen LogP contribution in [0.4, 0.5) is 0 Å². The Kier molecular flexibility index (Phi) is 4.69. The van der Waals surface area contributed by atoms with Crippen molar-refractivity contribution in [1.82, 2.24) is 0 Å². The standard InChI is InChI=1S/C13H16O4/c1-3-4-7-17-12-6-5-10(13(15)16)8-11(12)9(2)14/h5-6,8H,3-4,7H2,1-2H3,(H,15,16). The molecule has 1 rings (SSSR count). The van der Waals surface area contributed by atoms with E-state index in [1.165, 1.54) is 25.1 Å². The van der Waals surface area contributed by atoms with E-state index < -0.39 is 5.97 Å². The first-order valence-electron chi connectivity index (χ1n) is 5.57. The fourth-order valence-electron chi connectivity index (χ4n) is 1.39. The molecule has 0 bridgehead atoms. The summed E-state index contributed by atoms with van der Waals surface area (Å²) in [6, 6.07) is 4.33. The quantitative estimate of drug-likeness (QED) is 0.609. The van der Waals surface area contributed by atoms with Gasteiger partial charge in [0, 0.05) is 0 Å². The predicted octanol–water partition coefficient (Wildman–Crippen LogP) is 2.77. The highest BCUT2D eigenvalue weighted by Gasteiger charge is 2.12. The zero-order chi connectivity index (χ0) is 12.8. The Morgan fingerprint density at radius 2 is 2.06 bits per heavy atom. The normalized spacial score (nSPS) is 10.0. The first kappa shape index (κ1) is 13.2. The molecule has 0 saturated carbocycles. The molecule has 0 amide bonds. The minimum Gasteiger partial charge on any atom is -0.493 e. The van der Waals surface area contributed by atoms with Crippen molar-refractivity contribution in [3.63, 3.8) is 0 Å². The molecule has 0 heterocycles. The van der Waals surface area contributed by atoms with Gasteiger partial charge in [0.05, 0.1) is 17.7 Å². The maximum atomic E-state index is 11.4. The average molecular weight is 236 g/mol. The van der Waals surface area contributed by atoms with Gasteiger partial charge in [0.25, 0.3) is 0 Å². The van der Waals surface area contributed by atoms with Crippen LogP contribution in [0.5, 0.6) is 5.75 Å².